The van der Waals surface area contributed by atoms with Crippen LogP contribution in [0.1, 0.15) is 63.2 Å². The zero-order valence-electron chi connectivity index (χ0n) is 23.2. The summed E-state index contributed by atoms with van der Waals surface area (Å²) < 4.78 is 7.64. The van der Waals surface area contributed by atoms with Crippen molar-refractivity contribution in [3.8, 4) is 0 Å². The summed E-state index contributed by atoms with van der Waals surface area (Å²) in [6, 6.07) is 10.7. The van der Waals surface area contributed by atoms with Gasteiger partial charge in [0.1, 0.15) is 16.9 Å². The third-order valence-corrected chi connectivity index (χ3v) is 8.35. The lowest BCUT2D eigenvalue weighted by Crippen LogP contribution is -2.44. The molecule has 0 bridgehead atoms. The minimum absolute atomic E-state index is 0.262. The predicted molar refractivity (Wildman–Crippen MR) is 150 cm³/mol. The summed E-state index contributed by atoms with van der Waals surface area (Å²) in [5.74, 6) is 1.34. The van der Waals surface area contributed by atoms with Crippen LogP contribution in [0.5, 0.6) is 0 Å². The predicted octanol–water partition coefficient (Wildman–Crippen LogP) is 4.87. The number of nitrogens with zero attached hydrogens (tertiary/aromatic N) is 6. The van der Waals surface area contributed by atoms with Gasteiger partial charge in [-0.15, -0.1) is 0 Å². The second kappa shape index (κ2) is 9.97. The molecule has 0 saturated carbocycles. The van der Waals surface area contributed by atoms with Gasteiger partial charge in [0.05, 0.1) is 29.5 Å². The average molecular weight is 517 g/mol. The maximum atomic E-state index is 13.7. The number of piperidine rings is 1. The number of carbonyl (C=O) groups excluding carboxylic acids is 1. The first-order chi connectivity index (χ1) is 18.3. The number of aryl methyl sites for hydroxylation is 1. The SMILES string of the molecule is CN1CCN(c2cccc3c2nc(CN2CCCC4CCc5cccnc5C42)n3C(=O)OC(C)(C)C)CC1. The fourth-order valence-corrected chi connectivity index (χ4v) is 6.53. The van der Waals surface area contributed by atoms with E-state index in [1.54, 1.807) is 4.57 Å². The van der Waals surface area contributed by atoms with Crippen LogP contribution in [0.15, 0.2) is 36.5 Å². The molecule has 2 aliphatic heterocycles. The Hall–Kier alpha value is -2.97. The normalized spacial score (nSPS) is 22.8. The van der Waals surface area contributed by atoms with Crippen LogP contribution in [0.4, 0.5) is 10.5 Å². The first-order valence-electron chi connectivity index (χ1n) is 14.1. The number of piperazine rings is 1. The summed E-state index contributed by atoms with van der Waals surface area (Å²) in [6.45, 7) is 11.2. The van der Waals surface area contributed by atoms with E-state index in [1.807, 2.05) is 45.2 Å². The highest BCUT2D eigenvalue weighted by molar-refractivity contribution is 5.95. The van der Waals surface area contributed by atoms with E-state index in [0.29, 0.717) is 12.5 Å². The van der Waals surface area contributed by atoms with E-state index in [4.69, 9.17) is 14.7 Å². The van der Waals surface area contributed by atoms with Crippen LogP contribution in [0, 0.1) is 5.92 Å². The number of carbonyl (C=O) groups is 1. The van der Waals surface area contributed by atoms with Crippen molar-refractivity contribution in [2.75, 3.05) is 44.7 Å². The lowest BCUT2D eigenvalue weighted by atomic mass is 9.77. The number of hydrogen-bond donors (Lipinski definition) is 0. The number of imidazole rings is 1. The van der Waals surface area contributed by atoms with E-state index in [1.165, 1.54) is 24.1 Å². The number of fused-ring (bicyclic) bond motifs is 4. The van der Waals surface area contributed by atoms with Crippen LogP contribution < -0.4 is 4.90 Å². The van der Waals surface area contributed by atoms with Crippen LogP contribution in [-0.4, -0.2) is 75.8 Å². The number of ether oxygens (including phenoxy) is 1. The van der Waals surface area contributed by atoms with Crippen molar-refractivity contribution in [1.82, 2.24) is 24.3 Å². The smallest absolute Gasteiger partial charge is 0.420 e. The molecular weight excluding hydrogens is 476 g/mol. The molecule has 8 heteroatoms. The monoisotopic (exact) mass is 516 g/mol. The first-order valence-corrected chi connectivity index (χ1v) is 14.1. The van der Waals surface area contributed by atoms with Crippen LogP contribution in [-0.2, 0) is 17.7 Å². The Labute approximate surface area is 225 Å². The Morgan fingerprint density at radius 1 is 1.05 bits per heavy atom. The maximum Gasteiger partial charge on any atom is 0.420 e. The minimum atomic E-state index is -0.595. The Bertz CT molecular complexity index is 1320. The number of benzene rings is 1. The van der Waals surface area contributed by atoms with E-state index in [-0.39, 0.29) is 12.1 Å². The summed E-state index contributed by atoms with van der Waals surface area (Å²) in [5.41, 5.74) is 4.78. The molecule has 4 heterocycles. The molecular formula is C30H40N6O2. The van der Waals surface area contributed by atoms with Crippen molar-refractivity contribution in [3.63, 3.8) is 0 Å². The van der Waals surface area contributed by atoms with Crippen molar-refractivity contribution < 1.29 is 9.53 Å². The summed E-state index contributed by atoms with van der Waals surface area (Å²) in [4.78, 5) is 31.0. The van der Waals surface area contributed by atoms with E-state index in [9.17, 15) is 4.79 Å². The van der Waals surface area contributed by atoms with Gasteiger partial charge >= 0.3 is 6.09 Å². The van der Waals surface area contributed by atoms with Gasteiger partial charge in [-0.3, -0.25) is 9.88 Å². The quantitative estimate of drug-likeness (QED) is 0.492. The first kappa shape index (κ1) is 25.3. The van der Waals surface area contributed by atoms with Crippen molar-refractivity contribution in [2.45, 2.75) is 64.6 Å². The van der Waals surface area contributed by atoms with Crippen molar-refractivity contribution in [3.05, 3.63) is 53.6 Å². The summed E-state index contributed by atoms with van der Waals surface area (Å²) in [7, 11) is 2.16. The lowest BCUT2D eigenvalue weighted by molar-refractivity contribution is 0.0497. The van der Waals surface area contributed by atoms with Gasteiger partial charge in [-0.2, -0.15) is 0 Å². The number of likely N-dealkylation sites (N-methyl/N-ethyl adjacent to an activating group) is 1. The van der Waals surface area contributed by atoms with E-state index < -0.39 is 5.60 Å². The fourth-order valence-electron chi connectivity index (χ4n) is 6.53. The molecule has 2 aromatic heterocycles. The van der Waals surface area contributed by atoms with E-state index >= 15 is 0 Å². The molecule has 2 fully saturated rings. The fraction of sp³-hybridized carbons (Fsp3) is 0.567. The van der Waals surface area contributed by atoms with Gasteiger partial charge in [-0.25, -0.2) is 14.3 Å². The van der Waals surface area contributed by atoms with E-state index in [0.717, 1.165) is 68.1 Å². The highest BCUT2D eigenvalue weighted by Crippen LogP contribution is 2.43. The molecule has 202 valence electrons. The Kier molecular flexibility index (Phi) is 6.64. The van der Waals surface area contributed by atoms with Gasteiger partial charge in [0.15, 0.2) is 0 Å². The molecule has 2 saturated heterocycles. The van der Waals surface area contributed by atoms with Gasteiger partial charge in [0, 0.05) is 32.4 Å². The third kappa shape index (κ3) is 4.80. The second-order valence-electron chi connectivity index (χ2n) is 12.2. The Morgan fingerprint density at radius 2 is 1.87 bits per heavy atom. The number of hydrogen-bond acceptors (Lipinski definition) is 7. The third-order valence-electron chi connectivity index (χ3n) is 8.35. The maximum absolute atomic E-state index is 13.7. The van der Waals surface area contributed by atoms with Gasteiger partial charge in [-0.05, 0) is 89.7 Å². The summed E-state index contributed by atoms with van der Waals surface area (Å²) >= 11 is 0. The summed E-state index contributed by atoms with van der Waals surface area (Å²) in [5, 5.41) is 0. The van der Waals surface area contributed by atoms with Crippen LogP contribution >= 0.6 is 0 Å². The largest absolute Gasteiger partial charge is 0.443 e. The zero-order valence-corrected chi connectivity index (χ0v) is 23.2. The number of pyridine rings is 1. The van der Waals surface area contributed by atoms with Crippen LogP contribution in [0.2, 0.25) is 0 Å². The molecule has 0 spiro atoms. The number of aromatic nitrogens is 3. The molecule has 2 unspecified atom stereocenters. The molecule has 38 heavy (non-hydrogen) atoms. The molecule has 1 aliphatic carbocycles. The van der Waals surface area contributed by atoms with Gasteiger partial charge in [-0.1, -0.05) is 12.1 Å². The Balaban J connectivity index is 1.41. The molecule has 6 rings (SSSR count). The molecule has 8 nitrogen and oxygen atoms in total. The molecule has 0 amide bonds. The number of likely N-dealkylation sites (tertiary alicyclic amines) is 1. The number of anilines is 1. The molecule has 0 radical (unpaired) electrons. The van der Waals surface area contributed by atoms with Crippen LogP contribution in [0.25, 0.3) is 11.0 Å². The number of para-hydroxylation sites is 1. The zero-order chi connectivity index (χ0) is 26.4. The molecule has 3 aromatic rings. The Morgan fingerprint density at radius 3 is 2.66 bits per heavy atom. The highest BCUT2D eigenvalue weighted by Gasteiger charge is 2.38. The van der Waals surface area contributed by atoms with Gasteiger partial charge < -0.3 is 14.5 Å². The van der Waals surface area contributed by atoms with Crippen LogP contribution in [0.3, 0.4) is 0 Å². The molecule has 2 atom stereocenters. The standard InChI is InChI=1S/C30H40N6O2/c1-30(2,3)38-29(37)36-24-11-5-10-23(34-18-16-33(4)17-19-34)27(24)32-25(36)20-35-15-7-9-22-13-12-21-8-6-14-31-26(21)28(22)35/h5-6,8,10-11,14,22,28H,7,9,12-13,15-20H2,1-4H3. The van der Waals surface area contributed by atoms with Crippen molar-refractivity contribution in [2.24, 2.45) is 5.92 Å². The van der Waals surface area contributed by atoms with Gasteiger partial charge in [0.2, 0.25) is 0 Å². The molecule has 3 aliphatic rings. The van der Waals surface area contributed by atoms with Crippen molar-refractivity contribution in [1.29, 1.82) is 0 Å². The second-order valence-corrected chi connectivity index (χ2v) is 12.2. The molecule has 1 aromatic carbocycles. The summed E-state index contributed by atoms with van der Waals surface area (Å²) in [6.07, 6.45) is 6.24. The number of rotatable bonds is 3. The van der Waals surface area contributed by atoms with E-state index in [2.05, 4.69) is 33.9 Å². The topological polar surface area (TPSA) is 66.7 Å². The average Bonchev–Trinajstić information content (AvgIpc) is 3.26. The van der Waals surface area contributed by atoms with Crippen molar-refractivity contribution >= 4 is 22.8 Å². The highest BCUT2D eigenvalue weighted by atomic mass is 16.6. The minimum Gasteiger partial charge on any atom is -0.443 e. The molecule has 0 N–H and O–H groups in total. The lowest BCUT2D eigenvalue weighted by Gasteiger charge is -2.44. The van der Waals surface area contributed by atoms with Gasteiger partial charge in [0.25, 0.3) is 0 Å².